The summed E-state index contributed by atoms with van der Waals surface area (Å²) in [4.78, 5) is 38.6. The van der Waals surface area contributed by atoms with Gasteiger partial charge in [-0.05, 0) is 31.9 Å². The molecule has 3 atom stereocenters. The summed E-state index contributed by atoms with van der Waals surface area (Å²) in [5.74, 6) is -0.635. The highest BCUT2D eigenvalue weighted by molar-refractivity contribution is 6.08. The largest absolute Gasteiger partial charge is 0.454 e. The number of allylic oxidation sites excluding steroid dienone is 2. The molecule has 3 aliphatic rings. The highest BCUT2D eigenvalue weighted by Gasteiger charge is 2.50. The first-order valence-electron chi connectivity index (χ1n) is 8.19. The maximum Gasteiger partial charge on any atom is 0.334 e. The van der Waals surface area contributed by atoms with E-state index in [9.17, 15) is 14.4 Å². The van der Waals surface area contributed by atoms with Crippen molar-refractivity contribution in [1.82, 2.24) is 4.90 Å². The molecule has 0 N–H and O–H groups in total. The molecule has 1 aromatic carbocycles. The van der Waals surface area contributed by atoms with Crippen LogP contribution in [0.5, 0.6) is 17.2 Å². The Labute approximate surface area is 144 Å². The van der Waals surface area contributed by atoms with E-state index in [0.29, 0.717) is 24.3 Å². The van der Waals surface area contributed by atoms with Crippen molar-refractivity contribution < 1.29 is 28.6 Å². The summed E-state index contributed by atoms with van der Waals surface area (Å²) in [5, 5.41) is 0. The zero-order valence-electron chi connectivity index (χ0n) is 13.6. The monoisotopic (exact) mass is 343 g/mol. The summed E-state index contributed by atoms with van der Waals surface area (Å²) >= 11 is 0. The number of imide groups is 1. The van der Waals surface area contributed by atoms with Crippen molar-refractivity contribution in [3.8, 4) is 17.2 Å². The van der Waals surface area contributed by atoms with Gasteiger partial charge in [-0.2, -0.15) is 0 Å². The minimum atomic E-state index is -0.976. The standard InChI is InChI=1S/C18H17NO6/c1-10(19-16(20)12-4-2-3-5-13(12)17(19)21)18(22)25-11-6-7-14-15(8-11)24-9-23-14/h2-3,6-8,10,12-13H,4-5,9H2,1H3/t10-,12+,13+/m0/s1. The third kappa shape index (κ3) is 2.56. The maximum atomic E-state index is 12.5. The van der Waals surface area contributed by atoms with Crippen molar-refractivity contribution in [2.24, 2.45) is 11.8 Å². The number of amides is 2. The summed E-state index contributed by atoms with van der Waals surface area (Å²) in [5.41, 5.74) is 0. The first-order chi connectivity index (χ1) is 12.1. The van der Waals surface area contributed by atoms with E-state index in [0.717, 1.165) is 4.90 Å². The van der Waals surface area contributed by atoms with Crippen LogP contribution in [-0.4, -0.2) is 35.5 Å². The van der Waals surface area contributed by atoms with Crippen LogP contribution in [0.4, 0.5) is 0 Å². The van der Waals surface area contributed by atoms with Crippen LogP contribution in [0.3, 0.4) is 0 Å². The molecule has 2 amide bonds. The van der Waals surface area contributed by atoms with Gasteiger partial charge in [-0.3, -0.25) is 14.5 Å². The fourth-order valence-corrected chi connectivity index (χ4v) is 3.45. The van der Waals surface area contributed by atoms with Crippen molar-refractivity contribution in [3.63, 3.8) is 0 Å². The van der Waals surface area contributed by atoms with Gasteiger partial charge in [0.25, 0.3) is 0 Å². The second-order valence-electron chi connectivity index (χ2n) is 6.31. The van der Waals surface area contributed by atoms with Crippen LogP contribution >= 0.6 is 0 Å². The predicted octanol–water partition coefficient (Wildman–Crippen LogP) is 1.66. The van der Waals surface area contributed by atoms with Gasteiger partial charge in [0.05, 0.1) is 11.8 Å². The molecule has 25 heavy (non-hydrogen) atoms. The molecule has 0 aromatic heterocycles. The number of esters is 1. The molecule has 0 bridgehead atoms. The molecule has 0 unspecified atom stereocenters. The van der Waals surface area contributed by atoms with E-state index in [1.54, 1.807) is 18.2 Å². The molecule has 0 saturated carbocycles. The topological polar surface area (TPSA) is 82.1 Å². The Morgan fingerprint density at radius 3 is 2.44 bits per heavy atom. The molecular formula is C18H17NO6. The van der Waals surface area contributed by atoms with Crippen LogP contribution < -0.4 is 14.2 Å². The highest BCUT2D eigenvalue weighted by Crippen LogP contribution is 2.37. The smallest absolute Gasteiger partial charge is 0.334 e. The molecule has 0 spiro atoms. The lowest BCUT2D eigenvalue weighted by Crippen LogP contribution is -2.45. The summed E-state index contributed by atoms with van der Waals surface area (Å²) in [6.45, 7) is 1.63. The molecular weight excluding hydrogens is 326 g/mol. The van der Waals surface area contributed by atoms with Crippen molar-refractivity contribution in [1.29, 1.82) is 0 Å². The predicted molar refractivity (Wildman–Crippen MR) is 84.9 cm³/mol. The molecule has 2 heterocycles. The Morgan fingerprint density at radius 2 is 1.76 bits per heavy atom. The molecule has 2 aliphatic heterocycles. The number of nitrogens with zero attached hydrogens (tertiary/aromatic N) is 1. The molecule has 1 fully saturated rings. The van der Waals surface area contributed by atoms with Crippen LogP contribution in [0.2, 0.25) is 0 Å². The maximum absolute atomic E-state index is 12.5. The van der Waals surface area contributed by atoms with Crippen molar-refractivity contribution in [3.05, 3.63) is 30.4 Å². The molecule has 4 rings (SSSR count). The van der Waals surface area contributed by atoms with E-state index in [4.69, 9.17) is 14.2 Å². The number of hydrogen-bond acceptors (Lipinski definition) is 6. The average molecular weight is 343 g/mol. The van der Waals surface area contributed by atoms with Gasteiger partial charge < -0.3 is 14.2 Å². The number of benzene rings is 1. The van der Waals surface area contributed by atoms with Gasteiger partial charge in [-0.25, -0.2) is 4.79 Å². The fourth-order valence-electron chi connectivity index (χ4n) is 3.45. The van der Waals surface area contributed by atoms with Gasteiger partial charge in [0.15, 0.2) is 11.5 Å². The first kappa shape index (κ1) is 15.7. The highest BCUT2D eigenvalue weighted by atomic mass is 16.7. The number of ether oxygens (including phenoxy) is 3. The van der Waals surface area contributed by atoms with Gasteiger partial charge in [0.2, 0.25) is 18.6 Å². The number of rotatable bonds is 3. The van der Waals surface area contributed by atoms with E-state index in [-0.39, 0.29) is 36.2 Å². The van der Waals surface area contributed by atoms with E-state index in [1.165, 1.54) is 6.92 Å². The number of hydrogen-bond donors (Lipinski definition) is 0. The van der Waals surface area contributed by atoms with Crippen LogP contribution in [0.15, 0.2) is 30.4 Å². The van der Waals surface area contributed by atoms with Crippen LogP contribution in [0.25, 0.3) is 0 Å². The third-order valence-corrected chi connectivity index (χ3v) is 4.83. The average Bonchev–Trinajstić information content (AvgIpc) is 3.18. The second kappa shape index (κ2) is 5.91. The van der Waals surface area contributed by atoms with Crippen LogP contribution in [-0.2, 0) is 14.4 Å². The van der Waals surface area contributed by atoms with Gasteiger partial charge in [-0.15, -0.1) is 0 Å². The SMILES string of the molecule is C[C@@H](C(=O)Oc1ccc2c(c1)OCO2)N1C(=O)[C@@H]2CC=CC[C@H]2C1=O. The van der Waals surface area contributed by atoms with Gasteiger partial charge in [-0.1, -0.05) is 12.2 Å². The molecule has 7 heteroatoms. The lowest BCUT2D eigenvalue weighted by atomic mass is 9.85. The Hall–Kier alpha value is -2.83. The number of carbonyl (C=O) groups is 3. The summed E-state index contributed by atoms with van der Waals surface area (Å²) in [7, 11) is 0. The van der Waals surface area contributed by atoms with Crippen molar-refractivity contribution in [2.45, 2.75) is 25.8 Å². The second-order valence-corrected chi connectivity index (χ2v) is 6.31. The van der Waals surface area contributed by atoms with E-state index in [2.05, 4.69) is 0 Å². The molecule has 1 aromatic rings. The van der Waals surface area contributed by atoms with Crippen molar-refractivity contribution in [2.75, 3.05) is 6.79 Å². The fraction of sp³-hybridized carbons (Fsp3) is 0.389. The van der Waals surface area contributed by atoms with E-state index in [1.807, 2.05) is 12.2 Å². The first-order valence-corrected chi connectivity index (χ1v) is 8.19. The Bertz CT molecular complexity index is 760. The molecule has 130 valence electrons. The van der Waals surface area contributed by atoms with Crippen LogP contribution in [0, 0.1) is 11.8 Å². The molecule has 7 nitrogen and oxygen atoms in total. The Morgan fingerprint density at radius 1 is 1.12 bits per heavy atom. The minimum absolute atomic E-state index is 0.122. The zero-order chi connectivity index (χ0) is 17.6. The van der Waals surface area contributed by atoms with Crippen molar-refractivity contribution >= 4 is 17.8 Å². The third-order valence-electron chi connectivity index (χ3n) is 4.83. The van der Waals surface area contributed by atoms with Crippen LogP contribution in [0.1, 0.15) is 19.8 Å². The number of carbonyl (C=O) groups excluding carboxylic acids is 3. The molecule has 1 aliphatic carbocycles. The van der Waals surface area contributed by atoms with Gasteiger partial charge in [0.1, 0.15) is 11.8 Å². The lowest BCUT2D eigenvalue weighted by molar-refractivity contribution is -0.152. The normalized spacial score (nSPS) is 25.1. The number of fused-ring (bicyclic) bond motifs is 2. The summed E-state index contributed by atoms with van der Waals surface area (Å²) in [6, 6.07) is 3.79. The quantitative estimate of drug-likeness (QED) is 0.359. The molecule has 0 radical (unpaired) electrons. The van der Waals surface area contributed by atoms with E-state index >= 15 is 0 Å². The Kier molecular flexibility index (Phi) is 3.71. The van der Waals surface area contributed by atoms with Gasteiger partial charge in [0, 0.05) is 6.07 Å². The molecule has 1 saturated heterocycles. The van der Waals surface area contributed by atoms with E-state index < -0.39 is 12.0 Å². The summed E-state index contributed by atoms with van der Waals surface area (Å²) in [6.07, 6.45) is 4.89. The summed E-state index contributed by atoms with van der Waals surface area (Å²) < 4.78 is 15.8. The van der Waals surface area contributed by atoms with Gasteiger partial charge >= 0.3 is 5.97 Å². The minimum Gasteiger partial charge on any atom is -0.454 e. The zero-order valence-corrected chi connectivity index (χ0v) is 13.6. The number of likely N-dealkylation sites (tertiary alicyclic amines) is 1. The Balaban J connectivity index is 1.49. The lowest BCUT2D eigenvalue weighted by Gasteiger charge is -2.21.